The highest BCUT2D eigenvalue weighted by atomic mass is 32.1. The van der Waals surface area contributed by atoms with Crippen LogP contribution in [0.15, 0.2) is 0 Å². The number of thiocarbonyl (C=S) groups is 1. The van der Waals surface area contributed by atoms with Crippen LogP contribution in [-0.4, -0.2) is 41.1 Å². The normalized spacial score (nSPS) is 26.0. The van der Waals surface area contributed by atoms with Crippen LogP contribution in [0.5, 0.6) is 0 Å². The van der Waals surface area contributed by atoms with Crippen LogP contribution in [0.4, 0.5) is 0 Å². The summed E-state index contributed by atoms with van der Waals surface area (Å²) in [6.45, 7) is 5.88. The Morgan fingerprint density at radius 2 is 1.94 bits per heavy atom. The van der Waals surface area contributed by atoms with E-state index in [4.69, 9.17) is 22.7 Å². The SMILES string of the molecule is CC1(C)COCCN1C(=O)C1(C(N)=S)CCCC1. The summed E-state index contributed by atoms with van der Waals surface area (Å²) in [5.41, 5.74) is 5.02. The van der Waals surface area contributed by atoms with Crippen molar-refractivity contribution >= 4 is 23.1 Å². The van der Waals surface area contributed by atoms with E-state index in [1.807, 2.05) is 18.7 Å². The smallest absolute Gasteiger partial charge is 0.236 e. The van der Waals surface area contributed by atoms with Crippen LogP contribution >= 0.6 is 12.2 Å². The Kier molecular flexibility index (Phi) is 3.65. The van der Waals surface area contributed by atoms with Gasteiger partial charge in [0.05, 0.1) is 29.2 Å². The molecule has 0 radical (unpaired) electrons. The average molecular weight is 270 g/mol. The van der Waals surface area contributed by atoms with Crippen LogP contribution in [0.2, 0.25) is 0 Å². The largest absolute Gasteiger partial charge is 0.392 e. The van der Waals surface area contributed by atoms with Gasteiger partial charge in [0.15, 0.2) is 0 Å². The van der Waals surface area contributed by atoms with Crippen LogP contribution in [0.1, 0.15) is 39.5 Å². The molecule has 1 aliphatic heterocycles. The third-order valence-corrected chi connectivity index (χ3v) is 4.62. The lowest BCUT2D eigenvalue weighted by molar-refractivity contribution is -0.153. The molecule has 102 valence electrons. The van der Waals surface area contributed by atoms with Gasteiger partial charge in [-0.3, -0.25) is 4.79 Å². The molecule has 0 aromatic heterocycles. The highest BCUT2D eigenvalue weighted by Crippen LogP contribution is 2.41. The van der Waals surface area contributed by atoms with Gasteiger partial charge in [-0.15, -0.1) is 0 Å². The van der Waals surface area contributed by atoms with Gasteiger partial charge < -0.3 is 15.4 Å². The molecule has 4 nitrogen and oxygen atoms in total. The molecule has 1 saturated carbocycles. The predicted octanol–water partition coefficient (Wildman–Crippen LogP) is 1.47. The summed E-state index contributed by atoms with van der Waals surface area (Å²) >= 11 is 5.19. The molecule has 1 heterocycles. The molecule has 0 atom stereocenters. The molecule has 0 spiro atoms. The molecule has 1 saturated heterocycles. The molecule has 2 aliphatic rings. The second-order valence-electron chi connectivity index (χ2n) is 5.98. The van der Waals surface area contributed by atoms with E-state index in [0.717, 1.165) is 25.7 Å². The number of carbonyl (C=O) groups excluding carboxylic acids is 1. The zero-order valence-corrected chi connectivity index (χ0v) is 12.0. The van der Waals surface area contributed by atoms with Crippen LogP contribution in [0.3, 0.4) is 0 Å². The summed E-state index contributed by atoms with van der Waals surface area (Å²) in [4.78, 5) is 15.2. The molecule has 1 amide bonds. The minimum Gasteiger partial charge on any atom is -0.392 e. The maximum absolute atomic E-state index is 12.9. The predicted molar refractivity (Wildman–Crippen MR) is 74.3 cm³/mol. The quantitative estimate of drug-likeness (QED) is 0.772. The minimum atomic E-state index is -0.593. The molecule has 0 bridgehead atoms. The summed E-state index contributed by atoms with van der Waals surface area (Å²) in [7, 11) is 0. The summed E-state index contributed by atoms with van der Waals surface area (Å²) in [5.74, 6) is 0.112. The second kappa shape index (κ2) is 4.78. The number of nitrogens with two attached hydrogens (primary N) is 1. The summed E-state index contributed by atoms with van der Waals surface area (Å²) < 4.78 is 5.46. The Bertz CT molecular complexity index is 362. The number of carbonyl (C=O) groups is 1. The number of hydrogen-bond donors (Lipinski definition) is 1. The van der Waals surface area contributed by atoms with Gasteiger partial charge in [0.25, 0.3) is 0 Å². The third-order valence-electron chi connectivity index (χ3n) is 4.23. The average Bonchev–Trinajstić information content (AvgIpc) is 2.77. The Balaban J connectivity index is 2.26. The van der Waals surface area contributed by atoms with Crippen molar-refractivity contribution < 1.29 is 9.53 Å². The second-order valence-corrected chi connectivity index (χ2v) is 6.42. The van der Waals surface area contributed by atoms with Gasteiger partial charge in [0.1, 0.15) is 0 Å². The number of amides is 1. The number of rotatable bonds is 2. The summed E-state index contributed by atoms with van der Waals surface area (Å²) in [6.07, 6.45) is 3.67. The van der Waals surface area contributed by atoms with Crippen LogP contribution in [0.25, 0.3) is 0 Å². The Morgan fingerprint density at radius 3 is 2.44 bits per heavy atom. The van der Waals surface area contributed by atoms with Crippen molar-refractivity contribution in [3.8, 4) is 0 Å². The first-order chi connectivity index (χ1) is 8.40. The van der Waals surface area contributed by atoms with Crippen molar-refractivity contribution in [3.63, 3.8) is 0 Å². The highest BCUT2D eigenvalue weighted by Gasteiger charge is 2.49. The molecule has 1 aliphatic carbocycles. The molecular weight excluding hydrogens is 248 g/mol. The van der Waals surface area contributed by atoms with E-state index in [0.29, 0.717) is 24.7 Å². The fourth-order valence-electron chi connectivity index (χ4n) is 3.04. The van der Waals surface area contributed by atoms with Gasteiger partial charge in [0.2, 0.25) is 5.91 Å². The van der Waals surface area contributed by atoms with E-state index < -0.39 is 5.41 Å². The van der Waals surface area contributed by atoms with E-state index >= 15 is 0 Å². The maximum atomic E-state index is 12.9. The van der Waals surface area contributed by atoms with E-state index in [2.05, 4.69) is 0 Å². The van der Waals surface area contributed by atoms with Gasteiger partial charge in [0, 0.05) is 6.54 Å². The maximum Gasteiger partial charge on any atom is 0.236 e. The van der Waals surface area contributed by atoms with Crippen molar-refractivity contribution in [3.05, 3.63) is 0 Å². The highest BCUT2D eigenvalue weighted by molar-refractivity contribution is 7.80. The summed E-state index contributed by atoms with van der Waals surface area (Å²) in [5, 5.41) is 0. The topological polar surface area (TPSA) is 55.6 Å². The molecular formula is C13H22N2O2S. The lowest BCUT2D eigenvalue weighted by Gasteiger charge is -2.45. The van der Waals surface area contributed by atoms with Crippen LogP contribution < -0.4 is 5.73 Å². The van der Waals surface area contributed by atoms with Crippen LogP contribution in [-0.2, 0) is 9.53 Å². The Labute approximate surface area is 114 Å². The van der Waals surface area contributed by atoms with Gasteiger partial charge in [-0.2, -0.15) is 0 Å². The van der Waals surface area contributed by atoms with Gasteiger partial charge >= 0.3 is 0 Å². The molecule has 0 aromatic carbocycles. The molecule has 5 heteroatoms. The van der Waals surface area contributed by atoms with E-state index in [1.54, 1.807) is 0 Å². The zero-order chi connectivity index (χ0) is 13.4. The Morgan fingerprint density at radius 1 is 1.33 bits per heavy atom. The van der Waals surface area contributed by atoms with E-state index in [1.165, 1.54) is 0 Å². The van der Waals surface area contributed by atoms with Crippen LogP contribution in [0, 0.1) is 5.41 Å². The lowest BCUT2D eigenvalue weighted by Crippen LogP contribution is -2.61. The molecule has 18 heavy (non-hydrogen) atoms. The first kappa shape index (κ1) is 13.7. The Hall–Kier alpha value is -0.680. The molecule has 2 fully saturated rings. The van der Waals surface area contributed by atoms with Crippen molar-refractivity contribution in [2.24, 2.45) is 11.1 Å². The van der Waals surface area contributed by atoms with Crippen molar-refractivity contribution in [2.75, 3.05) is 19.8 Å². The first-order valence-corrected chi connectivity index (χ1v) is 7.01. The van der Waals surface area contributed by atoms with Gasteiger partial charge in [-0.05, 0) is 26.7 Å². The van der Waals surface area contributed by atoms with Gasteiger partial charge in [-0.1, -0.05) is 25.1 Å². The number of morpholine rings is 1. The molecule has 0 unspecified atom stereocenters. The van der Waals surface area contributed by atoms with Gasteiger partial charge in [-0.25, -0.2) is 0 Å². The number of hydrogen-bond acceptors (Lipinski definition) is 3. The van der Waals surface area contributed by atoms with E-state index in [-0.39, 0.29) is 11.4 Å². The monoisotopic (exact) mass is 270 g/mol. The molecule has 2 N–H and O–H groups in total. The molecule has 2 rings (SSSR count). The molecule has 0 aromatic rings. The third kappa shape index (κ3) is 2.14. The zero-order valence-electron chi connectivity index (χ0n) is 11.2. The lowest BCUT2D eigenvalue weighted by atomic mass is 9.82. The summed E-state index contributed by atoms with van der Waals surface area (Å²) in [6, 6.07) is 0. The van der Waals surface area contributed by atoms with Crippen molar-refractivity contribution in [2.45, 2.75) is 45.1 Å². The fourth-order valence-corrected chi connectivity index (χ4v) is 3.33. The van der Waals surface area contributed by atoms with Crippen molar-refractivity contribution in [1.82, 2.24) is 4.90 Å². The number of nitrogens with zero attached hydrogens (tertiary/aromatic N) is 1. The fraction of sp³-hybridized carbons (Fsp3) is 0.846. The first-order valence-electron chi connectivity index (χ1n) is 6.60. The van der Waals surface area contributed by atoms with Crippen molar-refractivity contribution in [1.29, 1.82) is 0 Å². The standard InChI is InChI=1S/C13H22N2O2S/c1-12(2)9-17-8-7-15(12)11(16)13(10(14)18)5-3-4-6-13/h3-9H2,1-2H3,(H2,14,18). The minimum absolute atomic E-state index is 0.112. The van der Waals surface area contributed by atoms with E-state index in [9.17, 15) is 4.79 Å². The number of ether oxygens (including phenoxy) is 1.